The lowest BCUT2D eigenvalue weighted by atomic mass is 10.2. The van der Waals surface area contributed by atoms with Gasteiger partial charge in [0.25, 0.3) is 5.91 Å². The average Bonchev–Trinajstić information content (AvgIpc) is 3.05. The molecule has 0 saturated carbocycles. The van der Waals surface area contributed by atoms with Crippen LogP contribution in [0.25, 0.3) is 11.3 Å². The van der Waals surface area contributed by atoms with Crippen molar-refractivity contribution in [3.63, 3.8) is 0 Å². The molecule has 0 bridgehead atoms. The molecule has 2 aromatic carbocycles. The number of rotatable bonds is 4. The lowest BCUT2D eigenvalue weighted by Gasteiger charge is -1.99. The molecule has 3 aromatic rings. The van der Waals surface area contributed by atoms with Gasteiger partial charge in [-0.2, -0.15) is 5.10 Å². The van der Waals surface area contributed by atoms with Crippen LogP contribution in [0, 0.1) is 0 Å². The molecule has 0 unspecified atom stereocenters. The second-order valence-corrected chi connectivity index (χ2v) is 5.69. The van der Waals surface area contributed by atoms with E-state index in [0.717, 1.165) is 15.8 Å². The molecule has 0 aliphatic heterocycles. The first-order valence-electron chi connectivity index (χ1n) is 6.96. The largest absolute Gasteiger partial charge is 0.455 e. The molecule has 5 heteroatoms. The summed E-state index contributed by atoms with van der Waals surface area (Å²) in [6.45, 7) is 0. The van der Waals surface area contributed by atoms with E-state index in [2.05, 4.69) is 26.5 Å². The van der Waals surface area contributed by atoms with Crippen molar-refractivity contribution in [3.05, 3.63) is 82.5 Å². The first kappa shape index (κ1) is 15.2. The SMILES string of the molecule is O=C(N/N=C\c1ccc(-c2ccccc2)o1)c1ccc(Br)cc1. The van der Waals surface area contributed by atoms with Crippen molar-refractivity contribution >= 4 is 28.1 Å². The number of halogens is 1. The summed E-state index contributed by atoms with van der Waals surface area (Å²) in [7, 11) is 0. The number of nitrogens with one attached hydrogen (secondary N) is 1. The summed E-state index contributed by atoms with van der Waals surface area (Å²) in [5.41, 5.74) is 4.00. The molecular weight excluding hydrogens is 356 g/mol. The molecule has 23 heavy (non-hydrogen) atoms. The van der Waals surface area contributed by atoms with Crippen LogP contribution in [0.15, 0.2) is 80.7 Å². The van der Waals surface area contributed by atoms with Crippen molar-refractivity contribution in [2.24, 2.45) is 5.10 Å². The summed E-state index contributed by atoms with van der Waals surface area (Å²) in [5.74, 6) is 1.05. The number of carbonyl (C=O) groups excluding carboxylic acids is 1. The minimum atomic E-state index is -0.274. The minimum absolute atomic E-state index is 0.274. The summed E-state index contributed by atoms with van der Waals surface area (Å²) < 4.78 is 6.58. The van der Waals surface area contributed by atoms with Crippen LogP contribution in [-0.4, -0.2) is 12.1 Å². The van der Waals surface area contributed by atoms with Gasteiger partial charge in [-0.1, -0.05) is 46.3 Å². The molecule has 0 radical (unpaired) electrons. The van der Waals surface area contributed by atoms with Gasteiger partial charge >= 0.3 is 0 Å². The second kappa shape index (κ2) is 7.07. The van der Waals surface area contributed by atoms with Crippen molar-refractivity contribution in [3.8, 4) is 11.3 Å². The molecule has 1 heterocycles. The third-order valence-electron chi connectivity index (χ3n) is 3.15. The van der Waals surface area contributed by atoms with Crippen LogP contribution in [0.5, 0.6) is 0 Å². The van der Waals surface area contributed by atoms with E-state index in [9.17, 15) is 4.79 Å². The van der Waals surface area contributed by atoms with E-state index >= 15 is 0 Å². The maximum atomic E-state index is 11.9. The molecule has 4 nitrogen and oxygen atoms in total. The highest BCUT2D eigenvalue weighted by molar-refractivity contribution is 9.10. The fourth-order valence-electron chi connectivity index (χ4n) is 2.00. The maximum absolute atomic E-state index is 11.9. The van der Waals surface area contributed by atoms with Crippen LogP contribution in [-0.2, 0) is 0 Å². The van der Waals surface area contributed by atoms with E-state index in [-0.39, 0.29) is 5.91 Å². The van der Waals surface area contributed by atoms with E-state index in [0.29, 0.717) is 11.3 Å². The molecule has 3 rings (SSSR count). The van der Waals surface area contributed by atoms with E-state index in [1.165, 1.54) is 6.21 Å². The Hall–Kier alpha value is -2.66. The van der Waals surface area contributed by atoms with Crippen molar-refractivity contribution in [2.75, 3.05) is 0 Å². The molecule has 1 amide bonds. The lowest BCUT2D eigenvalue weighted by Crippen LogP contribution is -2.17. The Bertz CT molecular complexity index is 824. The number of amides is 1. The van der Waals surface area contributed by atoms with Gasteiger partial charge < -0.3 is 4.42 Å². The van der Waals surface area contributed by atoms with Crippen LogP contribution in [0.3, 0.4) is 0 Å². The van der Waals surface area contributed by atoms with Gasteiger partial charge in [0, 0.05) is 15.6 Å². The number of hydrazone groups is 1. The summed E-state index contributed by atoms with van der Waals surface area (Å²) in [4.78, 5) is 11.9. The number of benzene rings is 2. The molecule has 0 saturated heterocycles. The van der Waals surface area contributed by atoms with E-state index in [4.69, 9.17) is 4.42 Å². The summed E-state index contributed by atoms with van der Waals surface area (Å²) >= 11 is 3.33. The van der Waals surface area contributed by atoms with Crippen LogP contribution in [0.1, 0.15) is 16.1 Å². The quantitative estimate of drug-likeness (QED) is 0.545. The average molecular weight is 369 g/mol. The first-order chi connectivity index (χ1) is 11.2. The topological polar surface area (TPSA) is 54.6 Å². The molecule has 1 N–H and O–H groups in total. The zero-order chi connectivity index (χ0) is 16.1. The second-order valence-electron chi connectivity index (χ2n) is 4.77. The van der Waals surface area contributed by atoms with Gasteiger partial charge in [0.05, 0.1) is 6.21 Å². The minimum Gasteiger partial charge on any atom is -0.455 e. The molecule has 0 aliphatic rings. The smallest absolute Gasteiger partial charge is 0.271 e. The Kier molecular flexibility index (Phi) is 4.68. The highest BCUT2D eigenvalue weighted by Gasteiger charge is 2.04. The normalized spacial score (nSPS) is 10.8. The van der Waals surface area contributed by atoms with Crippen LogP contribution in [0.2, 0.25) is 0 Å². The predicted molar refractivity (Wildman–Crippen MR) is 93.3 cm³/mol. The third-order valence-corrected chi connectivity index (χ3v) is 3.68. The van der Waals surface area contributed by atoms with Gasteiger partial charge in [0.1, 0.15) is 11.5 Å². The van der Waals surface area contributed by atoms with Crippen LogP contribution >= 0.6 is 15.9 Å². The van der Waals surface area contributed by atoms with Gasteiger partial charge in [0.15, 0.2) is 0 Å². The highest BCUT2D eigenvalue weighted by atomic mass is 79.9. The molecular formula is C18H13BrN2O2. The van der Waals surface area contributed by atoms with E-state index in [1.807, 2.05) is 36.4 Å². The summed E-state index contributed by atoms with van der Waals surface area (Å²) in [6.07, 6.45) is 1.48. The van der Waals surface area contributed by atoms with Crippen molar-refractivity contribution in [2.45, 2.75) is 0 Å². The number of hydrogen-bond acceptors (Lipinski definition) is 3. The zero-order valence-electron chi connectivity index (χ0n) is 12.1. The molecule has 0 aliphatic carbocycles. The Morgan fingerprint density at radius 2 is 1.74 bits per heavy atom. The highest BCUT2D eigenvalue weighted by Crippen LogP contribution is 2.20. The predicted octanol–water partition coefficient (Wildman–Crippen LogP) is 4.47. The van der Waals surface area contributed by atoms with Gasteiger partial charge in [-0.05, 0) is 36.4 Å². The summed E-state index contributed by atoms with van der Waals surface area (Å²) in [6, 6.07) is 20.5. The van der Waals surface area contributed by atoms with Gasteiger partial charge in [-0.25, -0.2) is 5.43 Å². The fraction of sp³-hybridized carbons (Fsp3) is 0. The number of nitrogens with zero attached hydrogens (tertiary/aromatic N) is 1. The Morgan fingerprint density at radius 3 is 2.48 bits per heavy atom. The monoisotopic (exact) mass is 368 g/mol. The number of hydrogen-bond donors (Lipinski definition) is 1. The van der Waals surface area contributed by atoms with Gasteiger partial charge in [0.2, 0.25) is 0 Å². The first-order valence-corrected chi connectivity index (χ1v) is 7.76. The van der Waals surface area contributed by atoms with Gasteiger partial charge in [-0.15, -0.1) is 0 Å². The van der Waals surface area contributed by atoms with Gasteiger partial charge in [-0.3, -0.25) is 4.79 Å². The lowest BCUT2D eigenvalue weighted by molar-refractivity contribution is 0.0955. The molecule has 114 valence electrons. The van der Waals surface area contributed by atoms with Crippen LogP contribution < -0.4 is 5.43 Å². The van der Waals surface area contributed by atoms with E-state index in [1.54, 1.807) is 30.3 Å². The molecule has 0 atom stereocenters. The number of furan rings is 1. The van der Waals surface area contributed by atoms with Crippen molar-refractivity contribution < 1.29 is 9.21 Å². The van der Waals surface area contributed by atoms with E-state index < -0.39 is 0 Å². The Labute approximate surface area is 142 Å². The molecule has 1 aromatic heterocycles. The standard InChI is InChI=1S/C18H13BrN2O2/c19-15-8-6-14(7-9-15)18(22)21-20-12-16-10-11-17(23-16)13-4-2-1-3-5-13/h1-12H,(H,21,22)/b20-12-. The van der Waals surface area contributed by atoms with Crippen molar-refractivity contribution in [1.29, 1.82) is 0 Å². The van der Waals surface area contributed by atoms with Crippen LogP contribution in [0.4, 0.5) is 0 Å². The zero-order valence-corrected chi connectivity index (χ0v) is 13.7. The molecule has 0 fully saturated rings. The third kappa shape index (κ3) is 3.96. The Balaban J connectivity index is 1.63. The molecule has 0 spiro atoms. The Morgan fingerprint density at radius 1 is 1.00 bits per heavy atom. The maximum Gasteiger partial charge on any atom is 0.271 e. The number of carbonyl (C=O) groups is 1. The fourth-order valence-corrected chi connectivity index (χ4v) is 2.26. The summed E-state index contributed by atoms with van der Waals surface area (Å²) in [5, 5.41) is 3.92. The van der Waals surface area contributed by atoms with Crippen molar-refractivity contribution in [1.82, 2.24) is 5.43 Å².